The van der Waals surface area contributed by atoms with Crippen LogP contribution in [0.5, 0.6) is 0 Å². The fourth-order valence-corrected chi connectivity index (χ4v) is 5.75. The van der Waals surface area contributed by atoms with Crippen LogP contribution in [0.4, 0.5) is 0 Å². The molecule has 2 bridgehead atoms. The van der Waals surface area contributed by atoms with E-state index in [2.05, 4.69) is 34.9 Å². The van der Waals surface area contributed by atoms with E-state index < -0.39 is 5.60 Å². The van der Waals surface area contributed by atoms with E-state index >= 15 is 0 Å². The van der Waals surface area contributed by atoms with E-state index in [1.807, 2.05) is 18.5 Å². The second kappa shape index (κ2) is 4.74. The molecule has 20 heavy (non-hydrogen) atoms. The molecule has 4 rings (SSSR count). The molecule has 2 aromatic rings. The normalized spacial score (nSPS) is 33.2. The zero-order valence-corrected chi connectivity index (χ0v) is 12.3. The van der Waals surface area contributed by atoms with Crippen LogP contribution in [-0.2, 0) is 5.60 Å². The van der Waals surface area contributed by atoms with Gasteiger partial charge in [0.2, 0.25) is 0 Å². The zero-order valence-electron chi connectivity index (χ0n) is 11.5. The molecule has 0 amide bonds. The Morgan fingerprint density at radius 2 is 1.95 bits per heavy atom. The van der Waals surface area contributed by atoms with Crippen molar-refractivity contribution in [1.82, 2.24) is 4.98 Å². The lowest BCUT2D eigenvalue weighted by molar-refractivity contribution is 0.00953. The lowest BCUT2D eigenvalue weighted by Crippen LogP contribution is -2.40. The highest BCUT2D eigenvalue weighted by Gasteiger charge is 2.43. The van der Waals surface area contributed by atoms with Crippen LogP contribution >= 0.6 is 11.8 Å². The number of aliphatic hydroxyl groups is 1. The molecule has 0 radical (unpaired) electrons. The molecule has 1 aromatic heterocycles. The van der Waals surface area contributed by atoms with Gasteiger partial charge in [0, 0.05) is 28.3 Å². The smallest absolute Gasteiger partial charge is 0.0924 e. The third kappa shape index (κ3) is 2.04. The van der Waals surface area contributed by atoms with Crippen molar-refractivity contribution < 1.29 is 5.11 Å². The Kier molecular flexibility index (Phi) is 3.00. The van der Waals surface area contributed by atoms with Crippen LogP contribution in [0.1, 0.15) is 37.7 Å². The molecule has 0 aliphatic carbocycles. The van der Waals surface area contributed by atoms with Crippen molar-refractivity contribution >= 4 is 22.5 Å². The largest absolute Gasteiger partial charge is 0.385 e. The summed E-state index contributed by atoms with van der Waals surface area (Å²) in [5.41, 5.74) is 0.420. The monoisotopic (exact) mass is 285 g/mol. The van der Waals surface area contributed by atoms with Crippen molar-refractivity contribution in [3.8, 4) is 0 Å². The molecule has 2 atom stereocenters. The summed E-state index contributed by atoms with van der Waals surface area (Å²) in [6.45, 7) is 0. The minimum Gasteiger partial charge on any atom is -0.385 e. The molecule has 2 saturated heterocycles. The molecule has 0 saturated carbocycles. The predicted octanol–water partition coefficient (Wildman–Crippen LogP) is 3.87. The van der Waals surface area contributed by atoms with Crippen LogP contribution in [0.2, 0.25) is 0 Å². The lowest BCUT2D eigenvalue weighted by Gasteiger charge is -2.44. The number of thioether (sulfide) groups is 1. The first kappa shape index (κ1) is 12.7. The average Bonchev–Trinajstić information content (AvgIpc) is 2.46. The Hall–Kier alpha value is -1.06. The van der Waals surface area contributed by atoms with E-state index in [1.54, 1.807) is 0 Å². The first-order chi connectivity index (χ1) is 9.74. The van der Waals surface area contributed by atoms with Gasteiger partial charge in [-0.15, -0.1) is 0 Å². The number of hydrogen-bond acceptors (Lipinski definition) is 3. The highest BCUT2D eigenvalue weighted by molar-refractivity contribution is 8.00. The predicted molar refractivity (Wildman–Crippen MR) is 83.9 cm³/mol. The third-order valence-corrected chi connectivity index (χ3v) is 6.33. The van der Waals surface area contributed by atoms with Crippen LogP contribution in [0, 0.1) is 0 Å². The number of benzene rings is 1. The topological polar surface area (TPSA) is 33.1 Å². The molecule has 2 nitrogen and oxygen atoms in total. The van der Waals surface area contributed by atoms with Crippen LogP contribution in [0.15, 0.2) is 36.7 Å². The number of rotatable bonds is 1. The van der Waals surface area contributed by atoms with Gasteiger partial charge in [-0.25, -0.2) is 0 Å². The van der Waals surface area contributed by atoms with E-state index in [0.717, 1.165) is 23.8 Å². The maximum atomic E-state index is 11.3. The summed E-state index contributed by atoms with van der Waals surface area (Å²) in [5.74, 6) is 0. The van der Waals surface area contributed by atoms with E-state index in [4.69, 9.17) is 0 Å². The average molecular weight is 285 g/mol. The second-order valence-electron chi connectivity index (χ2n) is 6.15. The van der Waals surface area contributed by atoms with Crippen LogP contribution < -0.4 is 0 Å². The summed E-state index contributed by atoms with van der Waals surface area (Å²) in [4.78, 5) is 4.26. The van der Waals surface area contributed by atoms with Crippen molar-refractivity contribution in [1.29, 1.82) is 0 Å². The molecule has 3 heterocycles. The number of pyridine rings is 1. The second-order valence-corrected chi connectivity index (χ2v) is 7.76. The molecule has 3 heteroatoms. The van der Waals surface area contributed by atoms with Crippen molar-refractivity contribution in [2.24, 2.45) is 0 Å². The van der Waals surface area contributed by atoms with E-state index in [-0.39, 0.29) is 0 Å². The Morgan fingerprint density at radius 1 is 1.15 bits per heavy atom. The first-order valence-corrected chi connectivity index (χ1v) is 8.40. The minimum atomic E-state index is -0.663. The molecule has 1 N–H and O–H groups in total. The Balaban J connectivity index is 1.81. The molecule has 1 aromatic carbocycles. The summed E-state index contributed by atoms with van der Waals surface area (Å²) in [5, 5.41) is 14.8. The van der Waals surface area contributed by atoms with Gasteiger partial charge in [-0.05, 0) is 42.7 Å². The molecule has 2 aliphatic rings. The zero-order chi connectivity index (χ0) is 13.6. The van der Waals surface area contributed by atoms with E-state index in [1.165, 1.54) is 24.6 Å². The molecule has 2 fully saturated rings. The molecule has 2 aliphatic heterocycles. The van der Waals surface area contributed by atoms with Gasteiger partial charge in [0.25, 0.3) is 0 Å². The van der Waals surface area contributed by atoms with E-state index in [0.29, 0.717) is 10.5 Å². The van der Waals surface area contributed by atoms with Gasteiger partial charge in [0.15, 0.2) is 0 Å². The molecule has 2 unspecified atom stereocenters. The van der Waals surface area contributed by atoms with Crippen LogP contribution in [-0.4, -0.2) is 20.6 Å². The van der Waals surface area contributed by atoms with Gasteiger partial charge >= 0.3 is 0 Å². The summed E-state index contributed by atoms with van der Waals surface area (Å²) >= 11 is 2.10. The molecular weight excluding hydrogens is 266 g/mol. The number of hydrogen-bond donors (Lipinski definition) is 1. The first-order valence-electron chi connectivity index (χ1n) is 7.46. The lowest BCUT2D eigenvalue weighted by atomic mass is 9.79. The summed E-state index contributed by atoms with van der Waals surface area (Å²) in [6, 6.07) is 8.28. The van der Waals surface area contributed by atoms with Crippen LogP contribution in [0.25, 0.3) is 10.8 Å². The fraction of sp³-hybridized carbons (Fsp3) is 0.471. The Bertz CT molecular complexity index is 624. The summed E-state index contributed by atoms with van der Waals surface area (Å²) in [6.07, 6.45) is 9.35. The standard InChI is InChI=1S/C17H19NOS/c19-17(9-13-4-2-5-14(10-17)20-13)16-6-1-3-12-7-8-18-11-15(12)16/h1,3,6-8,11,13-14,19H,2,4-5,9-10H2. The number of aromatic nitrogens is 1. The van der Waals surface area contributed by atoms with Gasteiger partial charge in [-0.3, -0.25) is 4.98 Å². The van der Waals surface area contributed by atoms with Gasteiger partial charge < -0.3 is 5.11 Å². The Morgan fingerprint density at radius 3 is 2.75 bits per heavy atom. The quantitative estimate of drug-likeness (QED) is 0.863. The number of nitrogens with zero attached hydrogens (tertiary/aromatic N) is 1. The number of fused-ring (bicyclic) bond motifs is 3. The van der Waals surface area contributed by atoms with Gasteiger partial charge in [0.1, 0.15) is 0 Å². The third-order valence-electron chi connectivity index (χ3n) is 4.75. The van der Waals surface area contributed by atoms with Gasteiger partial charge in [-0.1, -0.05) is 24.6 Å². The molecule has 0 spiro atoms. The highest BCUT2D eigenvalue weighted by Crippen LogP contribution is 2.50. The fourth-order valence-electron chi connectivity index (χ4n) is 3.86. The molecular formula is C17H19NOS. The van der Waals surface area contributed by atoms with Crippen molar-refractivity contribution in [3.05, 3.63) is 42.2 Å². The van der Waals surface area contributed by atoms with Crippen molar-refractivity contribution in [2.45, 2.75) is 48.2 Å². The van der Waals surface area contributed by atoms with Gasteiger partial charge in [0.05, 0.1) is 5.60 Å². The van der Waals surface area contributed by atoms with Gasteiger partial charge in [-0.2, -0.15) is 11.8 Å². The minimum absolute atomic E-state index is 0.624. The maximum Gasteiger partial charge on any atom is 0.0924 e. The molecule has 104 valence electrons. The van der Waals surface area contributed by atoms with Crippen molar-refractivity contribution in [3.63, 3.8) is 0 Å². The Labute approximate surface area is 123 Å². The summed E-state index contributed by atoms with van der Waals surface area (Å²) in [7, 11) is 0. The van der Waals surface area contributed by atoms with Crippen LogP contribution in [0.3, 0.4) is 0 Å². The van der Waals surface area contributed by atoms with Crippen molar-refractivity contribution in [2.75, 3.05) is 0 Å². The summed E-state index contributed by atoms with van der Waals surface area (Å²) < 4.78 is 0. The maximum absolute atomic E-state index is 11.3. The SMILES string of the molecule is OC1(c2cccc3ccncc23)CC2CCCC(C1)S2. The van der Waals surface area contributed by atoms with E-state index in [9.17, 15) is 5.11 Å². The highest BCUT2D eigenvalue weighted by atomic mass is 32.2.